The molecule has 1 aliphatic rings. The predicted octanol–water partition coefficient (Wildman–Crippen LogP) is 4.40. The first-order valence-electron chi connectivity index (χ1n) is 6.59. The van der Waals surface area contributed by atoms with Gasteiger partial charge in [-0.25, -0.2) is 0 Å². The summed E-state index contributed by atoms with van der Waals surface area (Å²) >= 11 is 12.3. The summed E-state index contributed by atoms with van der Waals surface area (Å²) in [6.07, 6.45) is -0.0545. The van der Waals surface area contributed by atoms with Gasteiger partial charge in [0.15, 0.2) is 0 Å². The second-order valence-electron chi connectivity index (χ2n) is 4.84. The first kappa shape index (κ1) is 13.9. The topological polar surface area (TPSA) is 21.3 Å². The third kappa shape index (κ3) is 2.84. The molecule has 1 heterocycles. The minimum atomic E-state index is -0.0545. The molecule has 2 unspecified atom stereocenters. The molecule has 2 aromatic carbocycles. The molecule has 1 fully saturated rings. The Morgan fingerprint density at radius 1 is 1.00 bits per heavy atom. The van der Waals surface area contributed by atoms with Crippen LogP contribution in [0.5, 0.6) is 0 Å². The van der Waals surface area contributed by atoms with Gasteiger partial charge in [-0.2, -0.15) is 0 Å². The van der Waals surface area contributed by atoms with Crippen molar-refractivity contribution in [1.82, 2.24) is 5.32 Å². The van der Waals surface area contributed by atoms with Crippen LogP contribution in [0.3, 0.4) is 0 Å². The zero-order chi connectivity index (χ0) is 13.9. The monoisotopic (exact) mass is 307 g/mol. The summed E-state index contributed by atoms with van der Waals surface area (Å²) in [6.45, 7) is 1.34. The van der Waals surface area contributed by atoms with E-state index in [9.17, 15) is 0 Å². The maximum absolute atomic E-state index is 6.24. The van der Waals surface area contributed by atoms with Gasteiger partial charge in [-0.1, -0.05) is 65.7 Å². The van der Waals surface area contributed by atoms with Crippen molar-refractivity contribution in [2.45, 2.75) is 12.1 Å². The van der Waals surface area contributed by atoms with E-state index >= 15 is 0 Å². The van der Waals surface area contributed by atoms with E-state index in [4.69, 9.17) is 27.9 Å². The number of rotatable bonds is 2. The molecular formula is C16H15Cl2NO. The van der Waals surface area contributed by atoms with E-state index < -0.39 is 0 Å². The molecule has 1 N–H and O–H groups in total. The van der Waals surface area contributed by atoms with Crippen molar-refractivity contribution in [3.8, 4) is 0 Å². The average molecular weight is 308 g/mol. The van der Waals surface area contributed by atoms with Crippen molar-refractivity contribution in [3.05, 3.63) is 69.7 Å². The van der Waals surface area contributed by atoms with Crippen LogP contribution in [-0.2, 0) is 4.74 Å². The third-order valence-electron chi connectivity index (χ3n) is 3.54. The van der Waals surface area contributed by atoms with Crippen LogP contribution in [0.25, 0.3) is 0 Å². The predicted molar refractivity (Wildman–Crippen MR) is 82.3 cm³/mol. The highest BCUT2D eigenvalue weighted by Gasteiger charge is 2.25. The van der Waals surface area contributed by atoms with Crippen molar-refractivity contribution in [3.63, 3.8) is 0 Å². The summed E-state index contributed by atoms with van der Waals surface area (Å²) < 4.78 is 5.96. The van der Waals surface area contributed by atoms with Gasteiger partial charge in [0, 0.05) is 12.1 Å². The number of ether oxygens (including phenoxy) is 1. The smallest absolute Gasteiger partial charge is 0.0965 e. The lowest BCUT2D eigenvalue weighted by atomic mass is 10.0. The van der Waals surface area contributed by atoms with Crippen LogP contribution in [0.2, 0.25) is 10.0 Å². The van der Waals surface area contributed by atoms with Gasteiger partial charge in [-0.3, -0.25) is 0 Å². The van der Waals surface area contributed by atoms with Crippen LogP contribution in [0.4, 0.5) is 0 Å². The molecular weight excluding hydrogens is 293 g/mol. The van der Waals surface area contributed by atoms with Crippen molar-refractivity contribution in [1.29, 1.82) is 0 Å². The zero-order valence-corrected chi connectivity index (χ0v) is 12.4. The van der Waals surface area contributed by atoms with Crippen LogP contribution in [0.1, 0.15) is 23.3 Å². The molecule has 0 aromatic heterocycles. The first-order chi connectivity index (χ1) is 9.75. The van der Waals surface area contributed by atoms with Gasteiger partial charge in [0.2, 0.25) is 0 Å². The maximum atomic E-state index is 6.24. The Labute approximate surface area is 128 Å². The minimum Gasteiger partial charge on any atom is -0.370 e. The average Bonchev–Trinajstić information content (AvgIpc) is 2.51. The lowest BCUT2D eigenvalue weighted by Gasteiger charge is -2.31. The van der Waals surface area contributed by atoms with Crippen LogP contribution in [-0.4, -0.2) is 13.2 Å². The molecule has 0 saturated carbocycles. The molecule has 1 aliphatic heterocycles. The molecule has 0 aliphatic carbocycles. The number of hydrogen-bond donors (Lipinski definition) is 1. The highest BCUT2D eigenvalue weighted by Crippen LogP contribution is 2.33. The number of nitrogens with one attached hydrogen (secondary N) is 1. The van der Waals surface area contributed by atoms with E-state index in [1.807, 2.05) is 30.3 Å². The Morgan fingerprint density at radius 2 is 1.80 bits per heavy atom. The van der Waals surface area contributed by atoms with E-state index in [1.54, 1.807) is 6.07 Å². The van der Waals surface area contributed by atoms with Gasteiger partial charge in [-0.15, -0.1) is 0 Å². The molecule has 2 atom stereocenters. The Morgan fingerprint density at radius 3 is 2.50 bits per heavy atom. The molecule has 20 heavy (non-hydrogen) atoms. The highest BCUT2D eigenvalue weighted by atomic mass is 35.5. The summed E-state index contributed by atoms with van der Waals surface area (Å²) in [4.78, 5) is 0. The zero-order valence-electron chi connectivity index (χ0n) is 10.9. The molecule has 1 saturated heterocycles. The quantitative estimate of drug-likeness (QED) is 0.888. The van der Waals surface area contributed by atoms with Crippen molar-refractivity contribution >= 4 is 23.2 Å². The Kier molecular flexibility index (Phi) is 4.27. The van der Waals surface area contributed by atoms with Crippen LogP contribution >= 0.6 is 23.2 Å². The first-order valence-corrected chi connectivity index (χ1v) is 7.35. The van der Waals surface area contributed by atoms with E-state index in [-0.39, 0.29) is 12.1 Å². The van der Waals surface area contributed by atoms with Crippen LogP contribution in [0, 0.1) is 0 Å². The fraction of sp³-hybridized carbons (Fsp3) is 0.250. The lowest BCUT2D eigenvalue weighted by Crippen LogP contribution is -2.36. The third-order valence-corrected chi connectivity index (χ3v) is 4.38. The summed E-state index contributed by atoms with van der Waals surface area (Å²) in [7, 11) is 0. The summed E-state index contributed by atoms with van der Waals surface area (Å²) in [5, 5.41) is 4.65. The molecule has 0 amide bonds. The molecule has 2 nitrogen and oxygen atoms in total. The van der Waals surface area contributed by atoms with Crippen molar-refractivity contribution in [2.75, 3.05) is 13.2 Å². The molecule has 2 aromatic rings. The summed E-state index contributed by atoms with van der Waals surface area (Å²) in [5.74, 6) is 0. The maximum Gasteiger partial charge on any atom is 0.0965 e. The van der Waals surface area contributed by atoms with Gasteiger partial charge >= 0.3 is 0 Å². The normalized spacial score (nSPS) is 22.7. The second-order valence-corrected chi connectivity index (χ2v) is 5.62. The van der Waals surface area contributed by atoms with Gasteiger partial charge in [0.1, 0.15) is 0 Å². The Hall–Kier alpha value is -1.06. The van der Waals surface area contributed by atoms with Crippen molar-refractivity contribution in [2.24, 2.45) is 0 Å². The number of benzene rings is 2. The van der Waals surface area contributed by atoms with E-state index in [0.717, 1.165) is 12.1 Å². The van der Waals surface area contributed by atoms with Crippen molar-refractivity contribution < 1.29 is 4.74 Å². The van der Waals surface area contributed by atoms with Gasteiger partial charge < -0.3 is 10.1 Å². The van der Waals surface area contributed by atoms with Gasteiger partial charge in [0.05, 0.1) is 28.8 Å². The number of halogens is 2. The molecule has 104 valence electrons. The van der Waals surface area contributed by atoms with E-state index in [2.05, 4.69) is 17.4 Å². The van der Waals surface area contributed by atoms with Gasteiger partial charge in [0.25, 0.3) is 0 Å². The van der Waals surface area contributed by atoms with Crippen LogP contribution in [0.15, 0.2) is 48.5 Å². The molecule has 3 rings (SSSR count). The minimum absolute atomic E-state index is 0.0545. The largest absolute Gasteiger partial charge is 0.370 e. The standard InChI is InChI=1S/C16H15Cl2NO/c17-13-8-4-7-12(16(13)18)15-9-19-14(10-20-15)11-5-2-1-3-6-11/h1-8,14-15,19H,9-10H2. The number of hydrogen-bond acceptors (Lipinski definition) is 2. The molecule has 0 spiro atoms. The van der Waals surface area contributed by atoms with Crippen LogP contribution < -0.4 is 5.32 Å². The fourth-order valence-corrected chi connectivity index (χ4v) is 2.88. The summed E-state index contributed by atoms with van der Waals surface area (Å²) in [6, 6.07) is 16.2. The highest BCUT2D eigenvalue weighted by molar-refractivity contribution is 6.42. The Balaban J connectivity index is 1.71. The van der Waals surface area contributed by atoms with E-state index in [1.165, 1.54) is 5.56 Å². The fourth-order valence-electron chi connectivity index (χ4n) is 2.45. The Bertz CT molecular complexity index is 580. The van der Waals surface area contributed by atoms with E-state index in [0.29, 0.717) is 16.7 Å². The molecule has 0 bridgehead atoms. The van der Waals surface area contributed by atoms with Gasteiger partial charge in [-0.05, 0) is 11.6 Å². The molecule has 4 heteroatoms. The molecule has 0 radical (unpaired) electrons. The lowest BCUT2D eigenvalue weighted by molar-refractivity contribution is 0.00244. The number of morpholine rings is 1. The second kappa shape index (κ2) is 6.15. The SMILES string of the molecule is Clc1cccc(C2CNC(c3ccccc3)CO2)c1Cl. The summed E-state index contributed by atoms with van der Waals surface area (Å²) in [5.41, 5.74) is 2.18.